The summed E-state index contributed by atoms with van der Waals surface area (Å²) in [6.07, 6.45) is 0. The summed E-state index contributed by atoms with van der Waals surface area (Å²) in [5, 5.41) is 0. The zero-order chi connectivity index (χ0) is 3.41. The van der Waals surface area contributed by atoms with E-state index in [1.165, 1.54) is 0 Å². The van der Waals surface area contributed by atoms with Gasteiger partial charge >= 0.3 is 38.8 Å². The fourth-order valence-electron chi connectivity index (χ4n) is 0. The van der Waals surface area contributed by atoms with E-state index in [-0.39, 0.29) is 0 Å². The van der Waals surface area contributed by atoms with E-state index in [4.69, 9.17) is 0 Å². The van der Waals surface area contributed by atoms with Crippen LogP contribution in [-0.2, 0) is 0 Å². The van der Waals surface area contributed by atoms with Crippen LogP contribution in [0.25, 0.3) is 0 Å². The first kappa shape index (κ1) is 4.86. The van der Waals surface area contributed by atoms with E-state index in [1.54, 1.807) is 0 Å². The average Bonchev–Trinajstić information content (AvgIpc) is 1.37. The molecule has 0 rings (SSSR count). The Labute approximate surface area is 39.0 Å². The molecule has 4 heavy (non-hydrogen) atoms. The summed E-state index contributed by atoms with van der Waals surface area (Å²) in [5.74, 6) is 0. The first-order valence-corrected chi connectivity index (χ1v) is 7.79. The van der Waals surface area contributed by atoms with Crippen molar-refractivity contribution in [3.63, 3.8) is 0 Å². The SMILES string of the molecule is C=C[As]=[AsH]. The first-order valence-electron chi connectivity index (χ1n) is 0.890. The van der Waals surface area contributed by atoms with Crippen molar-refractivity contribution >= 4 is 27.4 Å². The molecule has 0 aliphatic rings. The Kier molecular flexibility index (Phi) is 4.68. The van der Waals surface area contributed by atoms with E-state index in [1.807, 2.05) is 4.86 Å². The van der Waals surface area contributed by atoms with E-state index in [2.05, 4.69) is 20.8 Å². The second-order valence-electron chi connectivity index (χ2n) is 0.312. The summed E-state index contributed by atoms with van der Waals surface area (Å²) in [4.78, 5) is 1.97. The minimum atomic E-state index is 0.479. The van der Waals surface area contributed by atoms with E-state index in [0.29, 0.717) is 13.1 Å². The Morgan fingerprint density at radius 2 is 2.25 bits per heavy atom. The molecule has 0 saturated heterocycles. The Balaban J connectivity index is 2.73. The maximum absolute atomic E-state index is 3.52. The summed E-state index contributed by atoms with van der Waals surface area (Å²) in [6, 6.07) is 0. The third-order valence-corrected chi connectivity index (χ3v) is 2.46. The van der Waals surface area contributed by atoms with Crippen LogP contribution < -0.4 is 0 Å². The molecule has 0 saturated carbocycles. The van der Waals surface area contributed by atoms with Gasteiger partial charge in [-0.2, -0.15) is 0 Å². The third kappa shape index (κ3) is 2.86. The van der Waals surface area contributed by atoms with Crippen molar-refractivity contribution < 1.29 is 0 Å². The maximum atomic E-state index is 3.52. The molecule has 0 heterocycles. The molecule has 2 heteroatoms. The van der Waals surface area contributed by atoms with Crippen LogP contribution >= 0.6 is 0 Å². The van der Waals surface area contributed by atoms with Crippen molar-refractivity contribution in [1.29, 1.82) is 0 Å². The zero-order valence-corrected chi connectivity index (χ0v) is 6.21. The Bertz CT molecular complexity index is 25.0. The van der Waals surface area contributed by atoms with E-state index in [9.17, 15) is 0 Å². The van der Waals surface area contributed by atoms with Crippen LogP contribution in [-0.4, -0.2) is 27.4 Å². The van der Waals surface area contributed by atoms with Crippen LogP contribution in [0.2, 0.25) is 0 Å². The molecule has 0 aromatic rings. The van der Waals surface area contributed by atoms with Crippen molar-refractivity contribution in [2.75, 3.05) is 0 Å². The van der Waals surface area contributed by atoms with Crippen molar-refractivity contribution in [2.24, 2.45) is 0 Å². The predicted molar refractivity (Wildman–Crippen MR) is 23.1 cm³/mol. The Hall–Kier alpha value is 0.857. The number of hydrogen-bond donors (Lipinski definition) is 0. The number of rotatable bonds is 1. The van der Waals surface area contributed by atoms with Gasteiger partial charge in [-0.1, -0.05) is 0 Å². The van der Waals surface area contributed by atoms with Gasteiger partial charge in [-0.25, -0.2) is 0 Å². The standard InChI is InChI=1S/C2H4As2/c1-2-4-3/h2-3H,1H2. The van der Waals surface area contributed by atoms with Crippen LogP contribution in [0, 0.1) is 0 Å². The van der Waals surface area contributed by atoms with Gasteiger partial charge in [-0.15, -0.1) is 0 Å². The molecule has 0 bridgehead atoms. The van der Waals surface area contributed by atoms with Crippen LogP contribution in [0.4, 0.5) is 0 Å². The normalized spacial score (nSPS) is 7.00. The van der Waals surface area contributed by atoms with Gasteiger partial charge in [-0.05, 0) is 0 Å². The molecule has 0 atom stereocenters. The zero-order valence-electron chi connectivity index (χ0n) is 2.23. The Morgan fingerprint density at radius 1 is 2.00 bits per heavy atom. The van der Waals surface area contributed by atoms with Gasteiger partial charge in [0.1, 0.15) is 0 Å². The van der Waals surface area contributed by atoms with Gasteiger partial charge in [0.15, 0.2) is 0 Å². The summed E-state index contributed by atoms with van der Waals surface area (Å²) in [7, 11) is 0. The van der Waals surface area contributed by atoms with Gasteiger partial charge in [-0.3, -0.25) is 0 Å². The molecule has 0 aliphatic heterocycles. The summed E-state index contributed by atoms with van der Waals surface area (Å²) >= 11 is 2.64. The van der Waals surface area contributed by atoms with Crippen molar-refractivity contribution in [2.45, 2.75) is 0 Å². The molecule has 0 aromatic carbocycles. The second-order valence-corrected chi connectivity index (χ2v) is 4.43. The van der Waals surface area contributed by atoms with Crippen molar-refractivity contribution in [1.82, 2.24) is 0 Å². The summed E-state index contributed by atoms with van der Waals surface area (Å²) < 4.78 is 0. The van der Waals surface area contributed by atoms with Crippen molar-refractivity contribution in [3.8, 4) is 0 Å². The molecule has 22 valence electrons. The summed E-state index contributed by atoms with van der Waals surface area (Å²) in [5.41, 5.74) is 0. The molecule has 0 nitrogen and oxygen atoms in total. The molecule has 0 N–H and O–H groups in total. The molecule has 0 aromatic heterocycles. The second kappa shape index (κ2) is 3.86. The summed E-state index contributed by atoms with van der Waals surface area (Å²) in [6.45, 7) is 3.52. The minimum absolute atomic E-state index is 0.479. The molecule has 0 unspecified atom stereocenters. The quantitative estimate of drug-likeness (QED) is 0.481. The van der Waals surface area contributed by atoms with Gasteiger partial charge in [0.2, 0.25) is 0 Å². The van der Waals surface area contributed by atoms with Gasteiger partial charge < -0.3 is 0 Å². The molecule has 0 fully saturated rings. The van der Waals surface area contributed by atoms with Crippen molar-refractivity contribution in [3.05, 3.63) is 11.4 Å². The van der Waals surface area contributed by atoms with Gasteiger partial charge in [0.05, 0.1) is 0 Å². The van der Waals surface area contributed by atoms with Crippen LogP contribution in [0.5, 0.6) is 0 Å². The third-order valence-electron chi connectivity index (χ3n) is 0.0913. The molecule has 0 radical (unpaired) electrons. The van der Waals surface area contributed by atoms with E-state index in [0.717, 1.165) is 0 Å². The van der Waals surface area contributed by atoms with Crippen LogP contribution in [0.3, 0.4) is 0 Å². The monoisotopic (exact) mass is 178 g/mol. The molecular formula is C2H4As2. The topological polar surface area (TPSA) is 0 Å². The number of hydrogen-bond acceptors (Lipinski definition) is 0. The molecular weight excluding hydrogens is 174 g/mol. The Morgan fingerprint density at radius 3 is 2.25 bits per heavy atom. The first-order chi connectivity index (χ1) is 1.91. The predicted octanol–water partition coefficient (Wildman–Crippen LogP) is -0.350. The molecule has 0 spiro atoms. The van der Waals surface area contributed by atoms with E-state index < -0.39 is 0 Å². The fourth-order valence-corrected chi connectivity index (χ4v) is 0. The molecule has 0 amide bonds. The molecule has 0 aliphatic carbocycles. The van der Waals surface area contributed by atoms with E-state index >= 15 is 0 Å². The fraction of sp³-hybridized carbons (Fsp3) is 0. The average molecular weight is 178 g/mol. The van der Waals surface area contributed by atoms with Crippen LogP contribution in [0.1, 0.15) is 0 Å². The van der Waals surface area contributed by atoms with Gasteiger partial charge in [0.25, 0.3) is 0 Å². The van der Waals surface area contributed by atoms with Gasteiger partial charge in [0, 0.05) is 0 Å². The van der Waals surface area contributed by atoms with Crippen LogP contribution in [0.15, 0.2) is 11.4 Å².